The van der Waals surface area contributed by atoms with Gasteiger partial charge in [-0.05, 0) is 25.2 Å². The van der Waals surface area contributed by atoms with Crippen LogP contribution >= 0.6 is 0 Å². The summed E-state index contributed by atoms with van der Waals surface area (Å²) < 4.78 is 0. The highest BCUT2D eigenvalue weighted by molar-refractivity contribution is 5.96. The number of aromatic nitrogens is 2. The lowest BCUT2D eigenvalue weighted by molar-refractivity contribution is -0.142. The Morgan fingerprint density at radius 1 is 1.20 bits per heavy atom. The molecule has 1 aromatic rings. The topological polar surface area (TPSA) is 121 Å². The van der Waals surface area contributed by atoms with Gasteiger partial charge < -0.3 is 15.7 Å². The van der Waals surface area contributed by atoms with E-state index >= 15 is 0 Å². The summed E-state index contributed by atoms with van der Waals surface area (Å²) in [5.41, 5.74) is 0.126. The predicted octanol–water partition coefficient (Wildman–Crippen LogP) is 1.13. The largest absolute Gasteiger partial charge is 0.480 e. The van der Waals surface area contributed by atoms with Crippen molar-refractivity contribution in [2.75, 3.05) is 0 Å². The van der Waals surface area contributed by atoms with E-state index in [-0.39, 0.29) is 18.0 Å². The van der Waals surface area contributed by atoms with Crippen LogP contribution in [0.5, 0.6) is 0 Å². The zero-order valence-electron chi connectivity index (χ0n) is 14.3. The molecule has 1 fully saturated rings. The zero-order chi connectivity index (χ0) is 18.2. The molecule has 0 radical (unpaired) electrons. The Balaban J connectivity index is 2.13. The molecular formula is C17H24N4O4. The van der Waals surface area contributed by atoms with Crippen molar-refractivity contribution >= 4 is 17.8 Å². The van der Waals surface area contributed by atoms with Gasteiger partial charge in [-0.2, -0.15) is 0 Å². The molecule has 0 aliphatic heterocycles. The van der Waals surface area contributed by atoms with Gasteiger partial charge in [0.1, 0.15) is 17.8 Å². The van der Waals surface area contributed by atoms with Gasteiger partial charge >= 0.3 is 5.97 Å². The third kappa shape index (κ3) is 5.23. The van der Waals surface area contributed by atoms with Crippen LogP contribution in [0.4, 0.5) is 0 Å². The zero-order valence-corrected chi connectivity index (χ0v) is 14.3. The molecule has 0 aromatic carbocycles. The first-order valence-corrected chi connectivity index (χ1v) is 8.63. The molecule has 0 spiro atoms. The number of hydrogen-bond acceptors (Lipinski definition) is 5. The Bertz CT molecular complexity index is 602. The van der Waals surface area contributed by atoms with Gasteiger partial charge in [-0.15, -0.1) is 0 Å². The van der Waals surface area contributed by atoms with Crippen molar-refractivity contribution in [3.05, 3.63) is 24.3 Å². The monoisotopic (exact) mass is 348 g/mol. The normalized spacial score (nSPS) is 17.3. The average molecular weight is 348 g/mol. The maximum Gasteiger partial charge on any atom is 0.326 e. The Hall–Kier alpha value is -2.51. The fourth-order valence-electron chi connectivity index (χ4n) is 3.10. The van der Waals surface area contributed by atoms with E-state index in [1.54, 1.807) is 6.92 Å². The van der Waals surface area contributed by atoms with Crippen LogP contribution in [0.25, 0.3) is 0 Å². The average Bonchev–Trinajstić information content (AvgIpc) is 2.64. The number of rotatable bonds is 7. The van der Waals surface area contributed by atoms with Crippen molar-refractivity contribution in [3.8, 4) is 0 Å². The van der Waals surface area contributed by atoms with Crippen LogP contribution < -0.4 is 10.6 Å². The third-order valence-electron chi connectivity index (χ3n) is 4.51. The Morgan fingerprint density at radius 3 is 2.48 bits per heavy atom. The number of carboxylic acid groups (broad SMARTS) is 1. The van der Waals surface area contributed by atoms with Crippen molar-refractivity contribution in [2.24, 2.45) is 5.92 Å². The molecule has 2 rings (SSSR count). The first-order chi connectivity index (χ1) is 12.0. The second kappa shape index (κ2) is 9.10. The number of carboxylic acids is 1. The van der Waals surface area contributed by atoms with Crippen molar-refractivity contribution in [3.63, 3.8) is 0 Å². The Morgan fingerprint density at radius 2 is 1.92 bits per heavy atom. The summed E-state index contributed by atoms with van der Waals surface area (Å²) in [5.74, 6) is -2.04. The van der Waals surface area contributed by atoms with Crippen LogP contribution in [0.15, 0.2) is 18.6 Å². The van der Waals surface area contributed by atoms with Crippen LogP contribution in [0.2, 0.25) is 0 Å². The lowest BCUT2D eigenvalue weighted by Crippen LogP contribution is -2.54. The minimum atomic E-state index is -1.08. The highest BCUT2D eigenvalue weighted by Crippen LogP contribution is 2.27. The van der Waals surface area contributed by atoms with E-state index in [4.69, 9.17) is 5.11 Å². The van der Waals surface area contributed by atoms with E-state index in [0.717, 1.165) is 32.1 Å². The molecule has 1 aromatic heterocycles. The minimum Gasteiger partial charge on any atom is -0.480 e. The molecule has 1 aliphatic carbocycles. The molecule has 8 nitrogen and oxygen atoms in total. The van der Waals surface area contributed by atoms with Gasteiger partial charge in [0.25, 0.3) is 5.91 Å². The van der Waals surface area contributed by atoms with Crippen molar-refractivity contribution in [1.82, 2.24) is 20.6 Å². The van der Waals surface area contributed by atoms with Gasteiger partial charge in [-0.1, -0.05) is 26.2 Å². The maximum absolute atomic E-state index is 12.7. The fourth-order valence-corrected chi connectivity index (χ4v) is 3.10. The van der Waals surface area contributed by atoms with Crippen molar-refractivity contribution < 1.29 is 19.5 Å². The second-order valence-electron chi connectivity index (χ2n) is 6.25. The summed E-state index contributed by atoms with van der Waals surface area (Å²) in [6.45, 7) is 1.69. The molecule has 136 valence electrons. The molecule has 0 bridgehead atoms. The van der Waals surface area contributed by atoms with E-state index < -0.39 is 29.9 Å². The van der Waals surface area contributed by atoms with Crippen molar-refractivity contribution in [1.29, 1.82) is 0 Å². The molecule has 2 amide bonds. The summed E-state index contributed by atoms with van der Waals surface area (Å²) >= 11 is 0. The molecule has 0 unspecified atom stereocenters. The van der Waals surface area contributed by atoms with Crippen molar-refractivity contribution in [2.45, 2.75) is 57.5 Å². The number of aliphatic carboxylic acids is 1. The lowest BCUT2D eigenvalue weighted by atomic mass is 9.83. The molecule has 1 aliphatic rings. The van der Waals surface area contributed by atoms with Crippen LogP contribution in [0.3, 0.4) is 0 Å². The molecule has 0 saturated heterocycles. The maximum atomic E-state index is 12.7. The van der Waals surface area contributed by atoms with Crippen LogP contribution in [0.1, 0.15) is 55.9 Å². The van der Waals surface area contributed by atoms with E-state index in [9.17, 15) is 14.4 Å². The summed E-state index contributed by atoms with van der Waals surface area (Å²) in [7, 11) is 0. The highest BCUT2D eigenvalue weighted by Gasteiger charge is 2.33. The Labute approximate surface area is 146 Å². The molecular weight excluding hydrogens is 324 g/mol. The number of amides is 2. The smallest absolute Gasteiger partial charge is 0.326 e. The first-order valence-electron chi connectivity index (χ1n) is 8.63. The van der Waals surface area contributed by atoms with Gasteiger partial charge in [-0.3, -0.25) is 14.6 Å². The predicted molar refractivity (Wildman–Crippen MR) is 89.7 cm³/mol. The standard InChI is InChI=1S/C17H24N4O4/c1-2-12(17(24)25)20-16(23)14(11-6-4-3-5-7-11)21-15(22)13-10-18-8-9-19-13/h8-12,14H,2-7H2,1H3,(H,20,23)(H,21,22)(H,24,25)/t12-,14-/m0/s1. The van der Waals surface area contributed by atoms with Gasteiger partial charge in [0.05, 0.1) is 6.20 Å². The van der Waals surface area contributed by atoms with E-state index in [2.05, 4.69) is 20.6 Å². The second-order valence-corrected chi connectivity index (χ2v) is 6.25. The Kier molecular flexibility index (Phi) is 6.85. The SMILES string of the molecule is CC[C@H](NC(=O)[C@@H](NC(=O)c1cnccn1)C1CCCCC1)C(=O)O. The van der Waals surface area contributed by atoms with E-state index in [1.165, 1.54) is 18.6 Å². The van der Waals surface area contributed by atoms with Gasteiger partial charge in [0.2, 0.25) is 5.91 Å². The molecule has 25 heavy (non-hydrogen) atoms. The minimum absolute atomic E-state index is 0.0133. The van der Waals surface area contributed by atoms with E-state index in [1.807, 2.05) is 0 Å². The number of nitrogens with one attached hydrogen (secondary N) is 2. The molecule has 1 saturated carbocycles. The number of carbonyl (C=O) groups is 3. The molecule has 1 heterocycles. The lowest BCUT2D eigenvalue weighted by Gasteiger charge is -2.30. The van der Waals surface area contributed by atoms with Gasteiger partial charge in [-0.25, -0.2) is 9.78 Å². The summed E-state index contributed by atoms with van der Waals surface area (Å²) in [6, 6.07) is -1.74. The quantitative estimate of drug-likeness (QED) is 0.679. The third-order valence-corrected chi connectivity index (χ3v) is 4.51. The highest BCUT2D eigenvalue weighted by atomic mass is 16.4. The summed E-state index contributed by atoms with van der Waals surface area (Å²) in [5, 5.41) is 14.4. The summed E-state index contributed by atoms with van der Waals surface area (Å²) in [4.78, 5) is 44.0. The fraction of sp³-hybridized carbons (Fsp3) is 0.588. The summed E-state index contributed by atoms with van der Waals surface area (Å²) in [6.07, 6.45) is 9.20. The molecule has 8 heteroatoms. The van der Waals surface area contributed by atoms with E-state index in [0.29, 0.717) is 0 Å². The van der Waals surface area contributed by atoms with Crippen LogP contribution in [-0.2, 0) is 9.59 Å². The van der Waals surface area contributed by atoms with Gasteiger partial charge in [0.15, 0.2) is 0 Å². The number of hydrogen-bond donors (Lipinski definition) is 3. The van der Waals surface area contributed by atoms with Crippen LogP contribution in [0, 0.1) is 5.92 Å². The molecule has 2 atom stereocenters. The number of carbonyl (C=O) groups excluding carboxylic acids is 2. The van der Waals surface area contributed by atoms with Gasteiger partial charge in [0, 0.05) is 12.4 Å². The molecule has 3 N–H and O–H groups in total. The van der Waals surface area contributed by atoms with Crippen LogP contribution in [-0.4, -0.2) is 44.9 Å². The number of nitrogens with zero attached hydrogens (tertiary/aromatic N) is 2. The first kappa shape index (κ1) is 18.8.